The summed E-state index contributed by atoms with van der Waals surface area (Å²) in [5, 5.41) is 0.172. The Balaban J connectivity index is 2.95. The molecule has 0 unspecified atom stereocenters. The third-order valence-corrected chi connectivity index (χ3v) is 3.12. The van der Waals surface area contributed by atoms with Crippen LogP contribution >= 0.6 is 34.2 Å². The molecular weight excluding hydrogens is 320 g/mol. The minimum atomic E-state index is -0.457. The van der Waals surface area contributed by atoms with Crippen LogP contribution in [0.25, 0.3) is 0 Å². The van der Waals surface area contributed by atoms with Crippen LogP contribution in [0.5, 0.6) is 0 Å². The van der Waals surface area contributed by atoms with Crippen molar-refractivity contribution in [3.8, 4) is 0 Å². The average Bonchev–Trinajstić information content (AvgIpc) is 2.13. The van der Waals surface area contributed by atoms with Gasteiger partial charge in [0.1, 0.15) is 8.72 Å². The van der Waals surface area contributed by atoms with E-state index in [9.17, 15) is 9.59 Å². The Morgan fingerprint density at radius 3 is 2.93 bits per heavy atom. The summed E-state index contributed by atoms with van der Waals surface area (Å²) < 4.78 is 1.65. The summed E-state index contributed by atoms with van der Waals surface area (Å²) in [4.78, 5) is 25.8. The maximum atomic E-state index is 11.5. The molecule has 0 aliphatic carbocycles. The van der Waals surface area contributed by atoms with Crippen molar-refractivity contribution < 1.29 is 4.79 Å². The predicted molar refractivity (Wildman–Crippen MR) is 60.0 cm³/mol. The van der Waals surface area contributed by atoms with Crippen LogP contribution in [-0.4, -0.2) is 15.5 Å². The first kappa shape index (κ1) is 11.4. The maximum absolute atomic E-state index is 11.5. The lowest BCUT2D eigenvalue weighted by atomic mass is 10.4. The topological polar surface area (TPSA) is 78.0 Å². The number of amides is 1. The van der Waals surface area contributed by atoms with E-state index >= 15 is 0 Å². The van der Waals surface area contributed by atoms with Gasteiger partial charge < -0.3 is 5.73 Å². The fraction of sp³-hybridized carbons (Fsp3) is 0.286. The van der Waals surface area contributed by atoms with Crippen LogP contribution in [0.4, 0.5) is 0 Å². The van der Waals surface area contributed by atoms with Crippen LogP contribution in [-0.2, 0) is 11.3 Å². The highest BCUT2D eigenvalue weighted by atomic mass is 127. The van der Waals surface area contributed by atoms with E-state index in [4.69, 9.17) is 17.3 Å². The van der Waals surface area contributed by atoms with Crippen molar-refractivity contribution in [1.29, 1.82) is 0 Å². The lowest BCUT2D eigenvalue weighted by Crippen LogP contribution is -2.25. The van der Waals surface area contributed by atoms with E-state index in [2.05, 4.69) is 4.98 Å². The Morgan fingerprint density at radius 2 is 2.36 bits per heavy atom. The Labute approximate surface area is 98.4 Å². The lowest BCUT2D eigenvalue weighted by molar-refractivity contribution is -0.118. The van der Waals surface area contributed by atoms with Crippen LogP contribution in [0.3, 0.4) is 0 Å². The fourth-order valence-corrected chi connectivity index (χ4v) is 1.41. The summed E-state index contributed by atoms with van der Waals surface area (Å²) in [6.07, 6.45) is 1.41. The van der Waals surface area contributed by atoms with E-state index in [1.165, 1.54) is 10.9 Å². The summed E-state index contributed by atoms with van der Waals surface area (Å²) in [7, 11) is 0. The molecule has 76 valence electrons. The highest BCUT2D eigenvalue weighted by molar-refractivity contribution is 14.1. The Bertz CT molecular complexity index is 418. The molecule has 0 aliphatic heterocycles. The standard InChI is InChI=1S/C7H7ClIN3O2/c8-6-5(9)7(14)12(3-11-6)2-1-4(10)13/h3H,1-2H2,(H2,10,13). The molecule has 5 nitrogen and oxygen atoms in total. The number of hydrogen-bond donors (Lipinski definition) is 1. The minimum absolute atomic E-state index is 0.110. The summed E-state index contributed by atoms with van der Waals surface area (Å²) in [6.45, 7) is 0.230. The molecule has 1 aromatic rings. The van der Waals surface area contributed by atoms with Gasteiger partial charge in [-0.1, -0.05) is 11.6 Å². The highest BCUT2D eigenvalue weighted by Crippen LogP contribution is 2.09. The number of carbonyl (C=O) groups is 1. The predicted octanol–water partition coefficient (Wildman–Crippen LogP) is 0.377. The van der Waals surface area contributed by atoms with E-state index in [0.717, 1.165) is 0 Å². The van der Waals surface area contributed by atoms with E-state index in [1.807, 2.05) is 22.6 Å². The number of hydrogen-bond acceptors (Lipinski definition) is 3. The summed E-state index contributed by atoms with van der Waals surface area (Å²) >= 11 is 7.43. The van der Waals surface area contributed by atoms with Gasteiger partial charge in [-0.3, -0.25) is 14.2 Å². The highest BCUT2D eigenvalue weighted by Gasteiger charge is 2.06. The molecule has 0 fully saturated rings. The zero-order chi connectivity index (χ0) is 10.7. The molecule has 0 saturated carbocycles. The summed E-state index contributed by atoms with van der Waals surface area (Å²) in [5.41, 5.74) is 4.70. The molecule has 1 rings (SSSR count). The minimum Gasteiger partial charge on any atom is -0.370 e. The smallest absolute Gasteiger partial charge is 0.268 e. The monoisotopic (exact) mass is 327 g/mol. The first-order valence-electron chi connectivity index (χ1n) is 3.71. The zero-order valence-electron chi connectivity index (χ0n) is 7.04. The molecule has 0 radical (unpaired) electrons. The summed E-state index contributed by atoms with van der Waals surface area (Å²) in [6, 6.07) is 0. The number of aromatic nitrogens is 2. The van der Waals surface area contributed by atoms with E-state index in [1.54, 1.807) is 0 Å². The van der Waals surface area contributed by atoms with Gasteiger partial charge >= 0.3 is 0 Å². The number of rotatable bonds is 3. The van der Waals surface area contributed by atoms with Crippen molar-refractivity contribution in [1.82, 2.24) is 9.55 Å². The molecule has 0 aliphatic rings. The van der Waals surface area contributed by atoms with Gasteiger partial charge in [-0.25, -0.2) is 4.98 Å². The second kappa shape index (κ2) is 4.74. The first-order valence-corrected chi connectivity index (χ1v) is 5.16. The molecule has 14 heavy (non-hydrogen) atoms. The quantitative estimate of drug-likeness (QED) is 0.644. The van der Waals surface area contributed by atoms with Crippen molar-refractivity contribution in [2.24, 2.45) is 5.73 Å². The SMILES string of the molecule is NC(=O)CCn1cnc(Cl)c(I)c1=O. The Kier molecular flexibility index (Phi) is 3.87. The molecule has 2 N–H and O–H groups in total. The van der Waals surface area contributed by atoms with Gasteiger partial charge in [0.15, 0.2) is 0 Å². The number of nitrogens with zero attached hydrogens (tertiary/aromatic N) is 2. The van der Waals surface area contributed by atoms with Crippen LogP contribution in [0.1, 0.15) is 6.42 Å². The molecule has 0 spiro atoms. The largest absolute Gasteiger partial charge is 0.370 e. The molecule has 0 aromatic carbocycles. The molecule has 0 bridgehead atoms. The third kappa shape index (κ3) is 2.68. The number of nitrogens with two attached hydrogens (primary N) is 1. The molecule has 7 heteroatoms. The Hall–Kier alpha value is -0.630. The van der Waals surface area contributed by atoms with Crippen molar-refractivity contribution in [2.45, 2.75) is 13.0 Å². The third-order valence-electron chi connectivity index (χ3n) is 1.54. The lowest BCUT2D eigenvalue weighted by Gasteiger charge is -2.03. The van der Waals surface area contributed by atoms with Gasteiger partial charge in [-0.05, 0) is 22.6 Å². The van der Waals surface area contributed by atoms with Gasteiger partial charge in [0.05, 0.1) is 6.33 Å². The normalized spacial score (nSPS) is 10.1. The van der Waals surface area contributed by atoms with Gasteiger partial charge in [-0.2, -0.15) is 0 Å². The molecule has 1 amide bonds. The first-order chi connectivity index (χ1) is 6.52. The number of primary amides is 1. The van der Waals surface area contributed by atoms with Crippen molar-refractivity contribution in [3.05, 3.63) is 25.4 Å². The molecule has 1 aromatic heterocycles. The second-order valence-electron chi connectivity index (χ2n) is 2.56. The molecular formula is C7H7ClIN3O2. The van der Waals surface area contributed by atoms with Gasteiger partial charge in [0, 0.05) is 13.0 Å². The summed E-state index contributed by atoms with van der Waals surface area (Å²) in [5.74, 6) is -0.457. The van der Waals surface area contributed by atoms with E-state index in [0.29, 0.717) is 3.57 Å². The number of halogens is 2. The molecule has 0 saturated heterocycles. The molecule has 1 heterocycles. The van der Waals surface area contributed by atoms with Crippen LogP contribution < -0.4 is 11.3 Å². The molecule has 0 atom stereocenters. The Morgan fingerprint density at radius 1 is 1.71 bits per heavy atom. The van der Waals surface area contributed by atoms with E-state index in [-0.39, 0.29) is 23.7 Å². The van der Waals surface area contributed by atoms with Gasteiger partial charge in [0.25, 0.3) is 5.56 Å². The van der Waals surface area contributed by atoms with Crippen LogP contribution in [0, 0.1) is 3.57 Å². The van der Waals surface area contributed by atoms with E-state index < -0.39 is 5.91 Å². The maximum Gasteiger partial charge on any atom is 0.268 e. The van der Waals surface area contributed by atoms with Crippen molar-refractivity contribution in [2.75, 3.05) is 0 Å². The zero-order valence-corrected chi connectivity index (χ0v) is 9.95. The average molecular weight is 328 g/mol. The van der Waals surface area contributed by atoms with Crippen molar-refractivity contribution >= 4 is 40.1 Å². The fourth-order valence-electron chi connectivity index (χ4n) is 0.834. The number of aryl methyl sites for hydroxylation is 1. The van der Waals surface area contributed by atoms with Gasteiger partial charge in [0.2, 0.25) is 5.91 Å². The van der Waals surface area contributed by atoms with Crippen LogP contribution in [0.2, 0.25) is 5.15 Å². The second-order valence-corrected chi connectivity index (χ2v) is 4.00. The van der Waals surface area contributed by atoms with Gasteiger partial charge in [-0.15, -0.1) is 0 Å². The number of carbonyl (C=O) groups excluding carboxylic acids is 1. The van der Waals surface area contributed by atoms with Crippen LogP contribution in [0.15, 0.2) is 11.1 Å². The van der Waals surface area contributed by atoms with Crippen molar-refractivity contribution in [3.63, 3.8) is 0 Å².